The molecule has 2 aromatic rings. The molecule has 0 saturated heterocycles. The Balaban J connectivity index is 2.22. The lowest BCUT2D eigenvalue weighted by atomic mass is 10.1. The monoisotopic (exact) mass is 273 g/mol. The van der Waals surface area contributed by atoms with Crippen LogP contribution >= 0.6 is 11.8 Å². The minimum Gasteiger partial charge on any atom is -0.478 e. The molecule has 0 fully saturated rings. The van der Waals surface area contributed by atoms with Gasteiger partial charge in [0.05, 0.1) is 5.56 Å². The van der Waals surface area contributed by atoms with Gasteiger partial charge in [-0.1, -0.05) is 18.2 Å². The molecule has 0 saturated carbocycles. The zero-order valence-corrected chi connectivity index (χ0v) is 11.7. The van der Waals surface area contributed by atoms with Crippen LogP contribution in [0.5, 0.6) is 0 Å². The Morgan fingerprint density at radius 3 is 2.53 bits per heavy atom. The van der Waals surface area contributed by atoms with E-state index >= 15 is 0 Å². The first-order chi connectivity index (χ1) is 9.09. The van der Waals surface area contributed by atoms with Crippen molar-refractivity contribution < 1.29 is 9.90 Å². The van der Waals surface area contributed by atoms with E-state index in [2.05, 4.69) is 31.0 Å². The van der Waals surface area contributed by atoms with Gasteiger partial charge in [-0.05, 0) is 42.7 Å². The number of hydrogen-bond donors (Lipinski definition) is 1. The van der Waals surface area contributed by atoms with Crippen molar-refractivity contribution in [1.82, 2.24) is 4.98 Å². The van der Waals surface area contributed by atoms with Crippen LogP contribution in [0.3, 0.4) is 0 Å². The summed E-state index contributed by atoms with van der Waals surface area (Å²) in [6.45, 7) is 4.14. The highest BCUT2D eigenvalue weighted by Gasteiger charge is 2.12. The average Bonchev–Trinajstić information content (AvgIpc) is 2.38. The van der Waals surface area contributed by atoms with E-state index in [-0.39, 0.29) is 5.56 Å². The van der Waals surface area contributed by atoms with Crippen molar-refractivity contribution >= 4 is 17.7 Å². The van der Waals surface area contributed by atoms with Crippen molar-refractivity contribution in [2.45, 2.75) is 24.6 Å². The van der Waals surface area contributed by atoms with E-state index in [1.54, 1.807) is 18.3 Å². The molecule has 3 nitrogen and oxygen atoms in total. The number of carboxylic acids is 1. The molecule has 2 rings (SSSR count). The second kappa shape index (κ2) is 5.89. The number of thioether (sulfide) groups is 1. The zero-order valence-electron chi connectivity index (χ0n) is 10.9. The molecule has 19 heavy (non-hydrogen) atoms. The quantitative estimate of drug-likeness (QED) is 0.863. The summed E-state index contributed by atoms with van der Waals surface area (Å²) in [5, 5.41) is 9.69. The van der Waals surface area contributed by atoms with Crippen molar-refractivity contribution in [2.75, 3.05) is 0 Å². The number of aromatic nitrogens is 1. The molecular weight excluding hydrogens is 258 g/mol. The second-order valence-corrected chi connectivity index (χ2v) is 5.28. The molecule has 0 atom stereocenters. The summed E-state index contributed by atoms with van der Waals surface area (Å²) in [5.74, 6) is -0.201. The summed E-state index contributed by atoms with van der Waals surface area (Å²) < 4.78 is 0. The largest absolute Gasteiger partial charge is 0.478 e. The third-order valence-corrected chi connectivity index (χ3v) is 4.03. The zero-order chi connectivity index (χ0) is 13.8. The van der Waals surface area contributed by atoms with Crippen LogP contribution in [0.2, 0.25) is 0 Å². The normalized spacial score (nSPS) is 10.4. The van der Waals surface area contributed by atoms with Crippen molar-refractivity contribution in [2.24, 2.45) is 0 Å². The summed E-state index contributed by atoms with van der Waals surface area (Å²) >= 11 is 1.46. The third-order valence-electron chi connectivity index (χ3n) is 3.00. The second-order valence-electron chi connectivity index (χ2n) is 4.32. The Morgan fingerprint density at radius 2 is 1.89 bits per heavy atom. The SMILES string of the molecule is Cc1cccc(C)c1CSc1ncccc1C(=O)O. The van der Waals surface area contributed by atoms with Crippen LogP contribution < -0.4 is 0 Å². The first-order valence-electron chi connectivity index (χ1n) is 5.96. The molecule has 1 N–H and O–H groups in total. The van der Waals surface area contributed by atoms with Gasteiger partial charge in [0.25, 0.3) is 0 Å². The molecule has 1 aromatic carbocycles. The molecule has 0 amide bonds. The molecule has 0 aliphatic rings. The molecule has 0 bridgehead atoms. The lowest BCUT2D eigenvalue weighted by Gasteiger charge is -2.09. The molecule has 0 aliphatic carbocycles. The molecule has 0 radical (unpaired) electrons. The van der Waals surface area contributed by atoms with E-state index in [1.807, 2.05) is 6.07 Å². The minimum absolute atomic E-state index is 0.263. The predicted molar refractivity (Wildman–Crippen MR) is 76.7 cm³/mol. The van der Waals surface area contributed by atoms with Crippen LogP contribution in [0, 0.1) is 13.8 Å². The maximum Gasteiger partial charge on any atom is 0.338 e. The van der Waals surface area contributed by atoms with Gasteiger partial charge in [-0.3, -0.25) is 0 Å². The number of rotatable bonds is 4. The number of hydrogen-bond acceptors (Lipinski definition) is 3. The highest BCUT2D eigenvalue weighted by Crippen LogP contribution is 2.27. The van der Waals surface area contributed by atoms with Gasteiger partial charge in [0.2, 0.25) is 0 Å². The van der Waals surface area contributed by atoms with Crippen LogP contribution in [-0.4, -0.2) is 16.1 Å². The number of pyridine rings is 1. The lowest BCUT2D eigenvalue weighted by molar-refractivity contribution is 0.0692. The summed E-state index contributed by atoms with van der Waals surface area (Å²) in [4.78, 5) is 15.3. The van der Waals surface area contributed by atoms with Gasteiger partial charge in [-0.15, -0.1) is 11.8 Å². The van der Waals surface area contributed by atoms with E-state index in [4.69, 9.17) is 5.11 Å². The topological polar surface area (TPSA) is 50.2 Å². The average molecular weight is 273 g/mol. The van der Waals surface area contributed by atoms with Gasteiger partial charge in [0, 0.05) is 11.9 Å². The van der Waals surface area contributed by atoms with Crippen LogP contribution in [0.1, 0.15) is 27.0 Å². The number of aryl methyl sites for hydroxylation is 2. The fourth-order valence-electron chi connectivity index (χ4n) is 1.89. The van der Waals surface area contributed by atoms with Crippen molar-refractivity contribution in [3.8, 4) is 0 Å². The molecule has 1 heterocycles. The summed E-state index contributed by atoms with van der Waals surface area (Å²) in [7, 11) is 0. The fourth-order valence-corrected chi connectivity index (χ4v) is 3.07. The highest BCUT2D eigenvalue weighted by molar-refractivity contribution is 7.98. The molecule has 0 unspecified atom stereocenters. The lowest BCUT2D eigenvalue weighted by Crippen LogP contribution is -2.01. The molecular formula is C15H15NO2S. The van der Waals surface area contributed by atoms with E-state index in [0.717, 1.165) is 5.75 Å². The van der Waals surface area contributed by atoms with Gasteiger partial charge in [-0.2, -0.15) is 0 Å². The van der Waals surface area contributed by atoms with Gasteiger partial charge in [0.15, 0.2) is 0 Å². The summed E-state index contributed by atoms with van der Waals surface area (Å²) in [6.07, 6.45) is 1.62. The molecule has 0 aliphatic heterocycles. The maximum atomic E-state index is 11.1. The standard InChI is InChI=1S/C15H15NO2S/c1-10-5-3-6-11(2)13(10)9-19-14-12(15(17)18)7-4-8-16-14/h3-8H,9H2,1-2H3,(H,17,18). The number of carboxylic acid groups (broad SMARTS) is 1. The molecule has 1 aromatic heterocycles. The number of nitrogens with zero attached hydrogens (tertiary/aromatic N) is 1. The minimum atomic E-state index is -0.933. The van der Waals surface area contributed by atoms with E-state index in [9.17, 15) is 4.79 Å². The Hall–Kier alpha value is -1.81. The van der Waals surface area contributed by atoms with Gasteiger partial charge in [0.1, 0.15) is 5.03 Å². The summed E-state index contributed by atoms with van der Waals surface area (Å²) in [6, 6.07) is 9.40. The van der Waals surface area contributed by atoms with Crippen LogP contribution in [0.25, 0.3) is 0 Å². The van der Waals surface area contributed by atoms with E-state index < -0.39 is 5.97 Å². The van der Waals surface area contributed by atoms with Crippen molar-refractivity contribution in [1.29, 1.82) is 0 Å². The van der Waals surface area contributed by atoms with Crippen molar-refractivity contribution in [3.63, 3.8) is 0 Å². The highest BCUT2D eigenvalue weighted by atomic mass is 32.2. The summed E-state index contributed by atoms with van der Waals surface area (Å²) in [5.41, 5.74) is 3.95. The molecule has 4 heteroatoms. The first-order valence-corrected chi connectivity index (χ1v) is 6.94. The first kappa shape index (κ1) is 13.6. The van der Waals surface area contributed by atoms with Gasteiger partial charge in [-0.25, -0.2) is 9.78 Å². The molecule has 0 spiro atoms. The Labute approximate surface area is 116 Å². The Morgan fingerprint density at radius 1 is 1.21 bits per heavy atom. The van der Waals surface area contributed by atoms with Crippen LogP contribution in [-0.2, 0) is 5.75 Å². The Kier molecular flexibility index (Phi) is 4.22. The maximum absolute atomic E-state index is 11.1. The van der Waals surface area contributed by atoms with Gasteiger partial charge < -0.3 is 5.11 Å². The number of carbonyl (C=O) groups is 1. The van der Waals surface area contributed by atoms with E-state index in [1.165, 1.54) is 28.5 Å². The van der Waals surface area contributed by atoms with Crippen LogP contribution in [0.15, 0.2) is 41.6 Å². The predicted octanol–water partition coefficient (Wildman–Crippen LogP) is 3.69. The van der Waals surface area contributed by atoms with Crippen LogP contribution in [0.4, 0.5) is 0 Å². The molecule has 98 valence electrons. The number of benzene rings is 1. The third kappa shape index (κ3) is 3.15. The Bertz CT molecular complexity index is 591. The fraction of sp³-hybridized carbons (Fsp3) is 0.200. The smallest absolute Gasteiger partial charge is 0.338 e. The number of aromatic carboxylic acids is 1. The van der Waals surface area contributed by atoms with Crippen molar-refractivity contribution in [3.05, 3.63) is 58.8 Å². The van der Waals surface area contributed by atoms with Gasteiger partial charge >= 0.3 is 5.97 Å². The van der Waals surface area contributed by atoms with E-state index in [0.29, 0.717) is 5.03 Å².